The molecule has 0 aliphatic heterocycles. The second-order valence-electron chi connectivity index (χ2n) is 8.17. The van der Waals surface area contributed by atoms with Crippen LogP contribution in [0.3, 0.4) is 0 Å². The molecule has 4 fully saturated rings. The summed E-state index contributed by atoms with van der Waals surface area (Å²) in [4.78, 5) is 12.7. The number of Topliss-reactive ketones (excluding diaryl/α,β-unsaturated/α-hetero) is 1. The Balaban J connectivity index is 1.58. The summed E-state index contributed by atoms with van der Waals surface area (Å²) in [5, 5.41) is 10.6. The highest BCUT2D eigenvalue weighted by Crippen LogP contribution is 2.59. The number of aliphatic hydroxyl groups is 1. The summed E-state index contributed by atoms with van der Waals surface area (Å²) in [6.45, 7) is 0. The fourth-order valence-electron chi connectivity index (χ4n) is 5.74. The minimum Gasteiger partial charge on any atom is -0.390 e. The summed E-state index contributed by atoms with van der Waals surface area (Å²) < 4.78 is 40.2. The standard InChI is InChI=1S/C19H20BrF3O2/c20-13-1-2-14(16(5-13)19(21,22)23)17(24)6-15-11-3-10-4-12(15)9-18(25,7-10)8-11/h1-2,5,10-12,15,25H,3-4,6-9H2. The Labute approximate surface area is 152 Å². The van der Waals surface area contributed by atoms with E-state index in [0.29, 0.717) is 23.2 Å². The largest absolute Gasteiger partial charge is 0.417 e. The molecule has 4 aliphatic carbocycles. The van der Waals surface area contributed by atoms with Gasteiger partial charge in [0.1, 0.15) is 0 Å². The summed E-state index contributed by atoms with van der Waals surface area (Å²) in [6.07, 6.45) is -0.135. The normalized spacial score (nSPS) is 36.7. The fourth-order valence-corrected chi connectivity index (χ4v) is 6.10. The Kier molecular flexibility index (Phi) is 4.07. The second-order valence-corrected chi connectivity index (χ2v) is 9.09. The molecular weight excluding hydrogens is 397 g/mol. The third-order valence-corrected chi connectivity index (χ3v) is 6.94. The number of benzene rings is 1. The number of ketones is 1. The molecule has 0 aromatic heterocycles. The third kappa shape index (κ3) is 3.16. The molecule has 2 atom stereocenters. The SMILES string of the molecule is O=C(CC1C2CC3CC1CC(O)(C3)C2)c1ccc(Br)cc1C(F)(F)F. The Hall–Kier alpha value is -0.880. The smallest absolute Gasteiger partial charge is 0.390 e. The first-order valence-electron chi connectivity index (χ1n) is 8.77. The highest BCUT2D eigenvalue weighted by Gasteiger charge is 2.54. The number of hydrogen-bond acceptors (Lipinski definition) is 2. The zero-order chi connectivity index (χ0) is 18.0. The molecule has 0 saturated heterocycles. The summed E-state index contributed by atoms with van der Waals surface area (Å²) >= 11 is 3.05. The average Bonchev–Trinajstić information content (AvgIpc) is 2.48. The molecule has 1 N–H and O–H groups in total. The fraction of sp³-hybridized carbons (Fsp3) is 0.632. The first kappa shape index (κ1) is 17.5. The molecule has 6 heteroatoms. The van der Waals surface area contributed by atoms with Gasteiger partial charge in [-0.3, -0.25) is 4.79 Å². The minimum absolute atomic E-state index is 0.106. The van der Waals surface area contributed by atoms with Crippen LogP contribution in [0.1, 0.15) is 54.4 Å². The summed E-state index contributed by atoms with van der Waals surface area (Å²) in [5.74, 6) is 0.737. The minimum atomic E-state index is -4.55. The number of alkyl halides is 3. The molecule has 136 valence electrons. The Morgan fingerprint density at radius 3 is 2.40 bits per heavy atom. The predicted octanol–water partition coefficient (Wildman–Crippen LogP) is 5.23. The van der Waals surface area contributed by atoms with Crippen LogP contribution in [-0.4, -0.2) is 16.5 Å². The van der Waals surface area contributed by atoms with Crippen LogP contribution in [0.25, 0.3) is 0 Å². The second kappa shape index (κ2) is 5.81. The molecule has 1 aromatic carbocycles. The van der Waals surface area contributed by atoms with E-state index in [4.69, 9.17) is 0 Å². The van der Waals surface area contributed by atoms with Crippen LogP contribution in [0.4, 0.5) is 13.2 Å². The van der Waals surface area contributed by atoms with E-state index in [9.17, 15) is 23.1 Å². The zero-order valence-electron chi connectivity index (χ0n) is 13.7. The van der Waals surface area contributed by atoms with E-state index in [1.165, 1.54) is 12.1 Å². The molecule has 1 aromatic rings. The Morgan fingerprint density at radius 1 is 1.20 bits per heavy atom. The molecule has 2 unspecified atom stereocenters. The van der Waals surface area contributed by atoms with E-state index >= 15 is 0 Å². The van der Waals surface area contributed by atoms with Crippen molar-refractivity contribution >= 4 is 21.7 Å². The van der Waals surface area contributed by atoms with Crippen molar-refractivity contribution in [3.63, 3.8) is 0 Å². The summed E-state index contributed by atoms with van der Waals surface area (Å²) in [6, 6.07) is 3.74. The molecule has 0 radical (unpaired) electrons. The molecule has 4 bridgehead atoms. The van der Waals surface area contributed by atoms with Crippen molar-refractivity contribution in [1.82, 2.24) is 0 Å². The molecule has 0 spiro atoms. The lowest BCUT2D eigenvalue weighted by Gasteiger charge is -2.58. The molecule has 2 nitrogen and oxygen atoms in total. The van der Waals surface area contributed by atoms with Crippen LogP contribution >= 0.6 is 15.9 Å². The Bertz CT molecular complexity index is 699. The van der Waals surface area contributed by atoms with Gasteiger partial charge in [-0.2, -0.15) is 13.2 Å². The molecule has 5 rings (SSSR count). The first-order valence-corrected chi connectivity index (χ1v) is 9.56. The lowest BCUT2D eigenvalue weighted by molar-refractivity contribution is -0.151. The van der Waals surface area contributed by atoms with E-state index < -0.39 is 23.1 Å². The number of rotatable bonds is 3. The predicted molar refractivity (Wildman–Crippen MR) is 90.1 cm³/mol. The van der Waals surface area contributed by atoms with Crippen molar-refractivity contribution in [2.24, 2.45) is 23.7 Å². The van der Waals surface area contributed by atoms with E-state index in [2.05, 4.69) is 15.9 Å². The number of hydrogen-bond donors (Lipinski definition) is 1. The quantitative estimate of drug-likeness (QED) is 0.685. The molecule has 25 heavy (non-hydrogen) atoms. The number of carbonyl (C=O) groups excluding carboxylic acids is 1. The maximum Gasteiger partial charge on any atom is 0.417 e. The van der Waals surface area contributed by atoms with Crippen LogP contribution in [0, 0.1) is 23.7 Å². The summed E-state index contributed by atoms with van der Waals surface area (Å²) in [5.41, 5.74) is -1.69. The number of halogens is 4. The summed E-state index contributed by atoms with van der Waals surface area (Å²) in [7, 11) is 0. The van der Waals surface area contributed by atoms with Gasteiger partial charge in [0.2, 0.25) is 0 Å². The van der Waals surface area contributed by atoms with Gasteiger partial charge in [0, 0.05) is 16.5 Å². The van der Waals surface area contributed by atoms with Gasteiger partial charge >= 0.3 is 6.18 Å². The van der Waals surface area contributed by atoms with Crippen molar-refractivity contribution < 1.29 is 23.1 Å². The topological polar surface area (TPSA) is 37.3 Å². The van der Waals surface area contributed by atoms with Crippen LogP contribution in [0.5, 0.6) is 0 Å². The van der Waals surface area contributed by atoms with Crippen molar-refractivity contribution in [3.05, 3.63) is 33.8 Å². The van der Waals surface area contributed by atoms with Gasteiger partial charge in [-0.15, -0.1) is 0 Å². The molecule has 4 saturated carbocycles. The highest BCUT2D eigenvalue weighted by molar-refractivity contribution is 9.10. The molecular formula is C19H20BrF3O2. The maximum atomic E-state index is 13.3. The molecule has 4 aliphatic rings. The third-order valence-electron chi connectivity index (χ3n) is 6.44. The van der Waals surface area contributed by atoms with Crippen molar-refractivity contribution in [2.75, 3.05) is 0 Å². The van der Waals surface area contributed by atoms with Crippen molar-refractivity contribution in [1.29, 1.82) is 0 Å². The van der Waals surface area contributed by atoms with E-state index in [-0.39, 0.29) is 29.7 Å². The zero-order valence-corrected chi connectivity index (χ0v) is 15.2. The lowest BCUT2D eigenvalue weighted by Crippen LogP contribution is -2.54. The number of carbonyl (C=O) groups is 1. The van der Waals surface area contributed by atoms with Crippen molar-refractivity contribution in [2.45, 2.75) is 50.3 Å². The highest BCUT2D eigenvalue weighted by atomic mass is 79.9. The van der Waals surface area contributed by atoms with E-state index in [1.807, 2.05) is 0 Å². The van der Waals surface area contributed by atoms with Gasteiger partial charge < -0.3 is 5.11 Å². The van der Waals surface area contributed by atoms with Crippen LogP contribution in [-0.2, 0) is 6.18 Å². The average molecular weight is 417 g/mol. The van der Waals surface area contributed by atoms with Crippen LogP contribution in [0.2, 0.25) is 0 Å². The van der Waals surface area contributed by atoms with Crippen LogP contribution < -0.4 is 0 Å². The first-order chi connectivity index (χ1) is 11.6. The Morgan fingerprint density at radius 2 is 1.84 bits per heavy atom. The molecule has 0 amide bonds. The maximum absolute atomic E-state index is 13.3. The molecule has 0 heterocycles. The lowest BCUT2D eigenvalue weighted by atomic mass is 9.49. The van der Waals surface area contributed by atoms with Crippen molar-refractivity contribution in [3.8, 4) is 0 Å². The van der Waals surface area contributed by atoms with E-state index in [1.54, 1.807) is 0 Å². The van der Waals surface area contributed by atoms with Gasteiger partial charge in [0.05, 0.1) is 11.2 Å². The van der Waals surface area contributed by atoms with Gasteiger partial charge in [-0.25, -0.2) is 0 Å². The van der Waals surface area contributed by atoms with Gasteiger partial charge in [0.25, 0.3) is 0 Å². The van der Waals surface area contributed by atoms with Gasteiger partial charge in [-0.05, 0) is 74.0 Å². The van der Waals surface area contributed by atoms with Gasteiger partial charge in [0.15, 0.2) is 5.78 Å². The van der Waals surface area contributed by atoms with E-state index in [0.717, 1.165) is 25.3 Å². The monoisotopic (exact) mass is 416 g/mol. The van der Waals surface area contributed by atoms with Crippen LogP contribution in [0.15, 0.2) is 22.7 Å². The van der Waals surface area contributed by atoms with Gasteiger partial charge in [-0.1, -0.05) is 15.9 Å².